The summed E-state index contributed by atoms with van der Waals surface area (Å²) in [4.78, 5) is 12.4. The summed E-state index contributed by atoms with van der Waals surface area (Å²) >= 11 is 8.35. The van der Waals surface area contributed by atoms with Gasteiger partial charge in [-0.05, 0) is 53.8 Å². The van der Waals surface area contributed by atoms with E-state index in [1.807, 2.05) is 55.5 Å². The maximum atomic E-state index is 12.4. The zero-order valence-electron chi connectivity index (χ0n) is 12.3. The number of halogens is 2. The van der Waals surface area contributed by atoms with Crippen LogP contribution in [0.15, 0.2) is 54.6 Å². The number of para-hydroxylation sites is 1. The second-order valence-electron chi connectivity index (χ2n) is 4.97. The van der Waals surface area contributed by atoms with Crippen molar-refractivity contribution in [2.75, 3.05) is 5.32 Å². The molecule has 0 fully saturated rings. The number of hydrogen-bond donors (Lipinski definition) is 1. The third-order valence-corrected chi connectivity index (χ3v) is 4.59. The SMILES string of the molecule is Cc1cc(NC(=O)c2ccccc2I)nn1-c1ccccc1Cl. The highest BCUT2D eigenvalue weighted by Gasteiger charge is 2.13. The van der Waals surface area contributed by atoms with Gasteiger partial charge < -0.3 is 5.32 Å². The molecule has 1 heterocycles. The van der Waals surface area contributed by atoms with Crippen LogP contribution in [0.2, 0.25) is 5.02 Å². The van der Waals surface area contributed by atoms with E-state index in [2.05, 4.69) is 33.0 Å². The van der Waals surface area contributed by atoms with Crippen molar-refractivity contribution in [3.8, 4) is 5.69 Å². The van der Waals surface area contributed by atoms with Crippen molar-refractivity contribution in [2.45, 2.75) is 6.92 Å². The van der Waals surface area contributed by atoms with Crippen molar-refractivity contribution in [2.24, 2.45) is 0 Å². The Labute approximate surface area is 152 Å². The van der Waals surface area contributed by atoms with Gasteiger partial charge >= 0.3 is 0 Å². The first-order valence-electron chi connectivity index (χ1n) is 6.93. The van der Waals surface area contributed by atoms with Gasteiger partial charge in [-0.15, -0.1) is 5.10 Å². The van der Waals surface area contributed by atoms with E-state index in [1.54, 1.807) is 10.7 Å². The number of hydrogen-bond acceptors (Lipinski definition) is 2. The zero-order chi connectivity index (χ0) is 16.4. The molecule has 1 aromatic heterocycles. The molecule has 6 heteroatoms. The largest absolute Gasteiger partial charge is 0.305 e. The smallest absolute Gasteiger partial charge is 0.257 e. The summed E-state index contributed by atoms with van der Waals surface area (Å²) in [5.74, 6) is 0.311. The second-order valence-corrected chi connectivity index (χ2v) is 6.54. The maximum Gasteiger partial charge on any atom is 0.257 e. The van der Waals surface area contributed by atoms with Crippen LogP contribution in [0.5, 0.6) is 0 Å². The van der Waals surface area contributed by atoms with Gasteiger partial charge in [0.2, 0.25) is 0 Å². The van der Waals surface area contributed by atoms with E-state index < -0.39 is 0 Å². The number of carbonyl (C=O) groups is 1. The van der Waals surface area contributed by atoms with Crippen molar-refractivity contribution in [3.05, 3.63) is 74.4 Å². The van der Waals surface area contributed by atoms with E-state index in [4.69, 9.17) is 11.6 Å². The molecule has 0 aliphatic heterocycles. The molecule has 3 aromatic rings. The highest BCUT2D eigenvalue weighted by Crippen LogP contribution is 2.23. The average Bonchev–Trinajstić information content (AvgIpc) is 2.88. The van der Waals surface area contributed by atoms with E-state index in [1.165, 1.54) is 0 Å². The number of nitrogens with one attached hydrogen (secondary N) is 1. The minimum atomic E-state index is -0.182. The summed E-state index contributed by atoms with van der Waals surface area (Å²) in [6.07, 6.45) is 0. The summed E-state index contributed by atoms with van der Waals surface area (Å²) in [7, 11) is 0. The standard InChI is InChI=1S/C17H13ClIN3O/c1-11-10-16(20-17(23)12-6-2-4-8-14(12)19)21-22(11)15-9-5-3-7-13(15)18/h2-10H,1H3,(H,20,21,23). The van der Waals surface area contributed by atoms with Crippen LogP contribution in [0.25, 0.3) is 5.69 Å². The molecule has 0 bridgehead atoms. The van der Waals surface area contributed by atoms with Gasteiger partial charge in [-0.1, -0.05) is 35.9 Å². The molecular weight excluding hydrogens is 425 g/mol. The fourth-order valence-corrected chi connectivity index (χ4v) is 3.08. The third kappa shape index (κ3) is 3.40. The summed E-state index contributed by atoms with van der Waals surface area (Å²) < 4.78 is 2.61. The Kier molecular flexibility index (Phi) is 4.68. The quantitative estimate of drug-likeness (QED) is 0.604. The van der Waals surface area contributed by atoms with Gasteiger partial charge in [0.05, 0.1) is 16.3 Å². The molecule has 0 aliphatic rings. The van der Waals surface area contributed by atoms with Crippen LogP contribution >= 0.6 is 34.2 Å². The van der Waals surface area contributed by atoms with Crippen molar-refractivity contribution >= 4 is 45.9 Å². The van der Waals surface area contributed by atoms with Crippen LogP contribution in [0.4, 0.5) is 5.82 Å². The number of anilines is 1. The number of carbonyl (C=O) groups excluding carboxylic acids is 1. The van der Waals surface area contributed by atoms with Crippen LogP contribution in [0.3, 0.4) is 0 Å². The fraction of sp³-hybridized carbons (Fsp3) is 0.0588. The summed E-state index contributed by atoms with van der Waals surface area (Å²) in [6.45, 7) is 1.91. The molecule has 4 nitrogen and oxygen atoms in total. The highest BCUT2D eigenvalue weighted by molar-refractivity contribution is 14.1. The number of amides is 1. The van der Waals surface area contributed by atoms with Crippen LogP contribution in [0.1, 0.15) is 16.1 Å². The lowest BCUT2D eigenvalue weighted by molar-refractivity contribution is 0.102. The van der Waals surface area contributed by atoms with Crippen LogP contribution in [-0.4, -0.2) is 15.7 Å². The Morgan fingerprint density at radius 3 is 2.61 bits per heavy atom. The predicted molar refractivity (Wildman–Crippen MR) is 100 cm³/mol. The average molecular weight is 438 g/mol. The zero-order valence-corrected chi connectivity index (χ0v) is 15.2. The highest BCUT2D eigenvalue weighted by atomic mass is 127. The number of rotatable bonds is 3. The second kappa shape index (κ2) is 6.72. The van der Waals surface area contributed by atoms with Gasteiger partial charge in [-0.2, -0.15) is 0 Å². The molecule has 116 valence electrons. The Morgan fingerprint density at radius 1 is 1.17 bits per heavy atom. The van der Waals surface area contributed by atoms with Gasteiger partial charge in [0.25, 0.3) is 5.91 Å². The number of aromatic nitrogens is 2. The van der Waals surface area contributed by atoms with Crippen molar-refractivity contribution in [3.63, 3.8) is 0 Å². The Morgan fingerprint density at radius 2 is 1.87 bits per heavy atom. The Bertz CT molecular complexity index is 876. The first-order chi connectivity index (χ1) is 11.1. The van der Waals surface area contributed by atoms with Gasteiger partial charge in [-0.25, -0.2) is 4.68 Å². The van der Waals surface area contributed by atoms with Crippen molar-refractivity contribution < 1.29 is 4.79 Å². The summed E-state index contributed by atoms with van der Waals surface area (Å²) in [5, 5.41) is 7.87. The molecular formula is C17H13ClIN3O. The number of benzene rings is 2. The first-order valence-corrected chi connectivity index (χ1v) is 8.39. The van der Waals surface area contributed by atoms with Crippen LogP contribution in [0, 0.1) is 10.5 Å². The van der Waals surface area contributed by atoms with Gasteiger partial charge in [0, 0.05) is 15.3 Å². The van der Waals surface area contributed by atoms with Gasteiger partial charge in [0.1, 0.15) is 0 Å². The molecule has 1 N–H and O–H groups in total. The molecule has 2 aromatic carbocycles. The molecule has 0 saturated heterocycles. The summed E-state index contributed by atoms with van der Waals surface area (Å²) in [6, 6.07) is 16.7. The molecule has 0 aliphatic carbocycles. The molecule has 0 unspecified atom stereocenters. The number of aryl methyl sites for hydroxylation is 1. The Balaban J connectivity index is 1.89. The lowest BCUT2D eigenvalue weighted by atomic mass is 10.2. The van der Waals surface area contributed by atoms with Gasteiger partial charge in [-0.3, -0.25) is 4.79 Å². The molecule has 23 heavy (non-hydrogen) atoms. The van der Waals surface area contributed by atoms with Crippen molar-refractivity contribution in [1.82, 2.24) is 9.78 Å². The maximum absolute atomic E-state index is 12.4. The molecule has 0 saturated carbocycles. The monoisotopic (exact) mass is 437 g/mol. The van der Waals surface area contributed by atoms with E-state index in [0.717, 1.165) is 15.0 Å². The minimum absolute atomic E-state index is 0.182. The van der Waals surface area contributed by atoms with E-state index >= 15 is 0 Å². The third-order valence-electron chi connectivity index (χ3n) is 3.33. The van der Waals surface area contributed by atoms with E-state index in [-0.39, 0.29) is 5.91 Å². The van der Waals surface area contributed by atoms with Crippen LogP contribution in [-0.2, 0) is 0 Å². The topological polar surface area (TPSA) is 46.9 Å². The lowest BCUT2D eigenvalue weighted by Crippen LogP contribution is -2.14. The normalized spacial score (nSPS) is 10.6. The molecule has 3 rings (SSSR count). The number of nitrogens with zero attached hydrogens (tertiary/aromatic N) is 2. The molecule has 0 atom stereocenters. The van der Waals surface area contributed by atoms with Gasteiger partial charge in [0.15, 0.2) is 5.82 Å². The predicted octanol–water partition coefficient (Wildman–Crippen LogP) is 4.69. The summed E-state index contributed by atoms with van der Waals surface area (Å²) in [5.41, 5.74) is 2.29. The Hall–Kier alpha value is -1.86. The van der Waals surface area contributed by atoms with E-state index in [9.17, 15) is 4.79 Å². The lowest BCUT2D eigenvalue weighted by Gasteiger charge is -2.06. The molecule has 0 spiro atoms. The molecule has 1 amide bonds. The van der Waals surface area contributed by atoms with Crippen LogP contribution < -0.4 is 5.32 Å². The van der Waals surface area contributed by atoms with E-state index in [0.29, 0.717) is 16.4 Å². The fourth-order valence-electron chi connectivity index (χ4n) is 2.23. The van der Waals surface area contributed by atoms with Crippen molar-refractivity contribution in [1.29, 1.82) is 0 Å². The minimum Gasteiger partial charge on any atom is -0.305 e. The first kappa shape index (κ1) is 16.0. The molecule has 0 radical (unpaired) electrons.